The molecular formula is C9H7ClN2OS. The number of hydrogen-bond acceptors (Lipinski definition) is 4. The van der Waals surface area contributed by atoms with E-state index in [4.69, 9.17) is 16.9 Å². The molecule has 0 saturated heterocycles. The van der Waals surface area contributed by atoms with Gasteiger partial charge in [0.15, 0.2) is 10.3 Å². The molecule has 0 spiro atoms. The fourth-order valence-electron chi connectivity index (χ4n) is 1.65. The molecule has 1 aromatic heterocycles. The number of fused-ring (bicyclic) bond motifs is 1. The maximum atomic E-state index is 11.6. The van der Waals surface area contributed by atoms with Gasteiger partial charge in [-0.05, 0) is 12.3 Å². The van der Waals surface area contributed by atoms with Crippen molar-refractivity contribution in [1.29, 1.82) is 5.26 Å². The van der Waals surface area contributed by atoms with Crippen LogP contribution in [-0.4, -0.2) is 10.8 Å². The number of halogens is 1. The van der Waals surface area contributed by atoms with Crippen molar-refractivity contribution in [2.75, 3.05) is 0 Å². The van der Waals surface area contributed by atoms with Crippen molar-refractivity contribution < 1.29 is 4.79 Å². The molecule has 0 bridgehead atoms. The Morgan fingerprint density at radius 1 is 1.64 bits per heavy atom. The highest BCUT2D eigenvalue weighted by molar-refractivity contribution is 7.17. The largest absolute Gasteiger partial charge is 0.293 e. The van der Waals surface area contributed by atoms with E-state index in [0.717, 1.165) is 5.69 Å². The van der Waals surface area contributed by atoms with Gasteiger partial charge in [-0.3, -0.25) is 4.79 Å². The highest BCUT2D eigenvalue weighted by atomic mass is 35.5. The third kappa shape index (κ3) is 1.66. The summed E-state index contributed by atoms with van der Waals surface area (Å²) in [6.07, 6.45) is 1.58. The Labute approximate surface area is 90.3 Å². The molecule has 0 fully saturated rings. The molecule has 1 heterocycles. The zero-order valence-electron chi connectivity index (χ0n) is 7.29. The van der Waals surface area contributed by atoms with E-state index >= 15 is 0 Å². The molecule has 0 amide bonds. The summed E-state index contributed by atoms with van der Waals surface area (Å²) in [4.78, 5) is 16.4. The second kappa shape index (κ2) is 3.68. The number of rotatable bonds is 1. The van der Waals surface area contributed by atoms with Gasteiger partial charge in [0.05, 0.1) is 16.6 Å². The van der Waals surface area contributed by atoms with Crippen LogP contribution in [0, 0.1) is 17.2 Å². The Kier molecular flexibility index (Phi) is 2.53. The van der Waals surface area contributed by atoms with Gasteiger partial charge in [-0.15, -0.1) is 0 Å². The van der Waals surface area contributed by atoms with Gasteiger partial charge in [0.1, 0.15) is 0 Å². The molecule has 1 atom stereocenters. The van der Waals surface area contributed by atoms with Crippen LogP contribution in [0.5, 0.6) is 0 Å². The maximum absolute atomic E-state index is 11.6. The van der Waals surface area contributed by atoms with Gasteiger partial charge < -0.3 is 0 Å². The molecule has 14 heavy (non-hydrogen) atoms. The number of nitriles is 1. The lowest BCUT2D eigenvalue weighted by Gasteiger charge is -2.16. The zero-order chi connectivity index (χ0) is 10.1. The Hall–Kier alpha value is -0.920. The predicted molar refractivity (Wildman–Crippen MR) is 53.5 cm³/mol. The third-order valence-corrected chi connectivity index (χ3v) is 3.50. The lowest BCUT2D eigenvalue weighted by atomic mass is 9.88. The van der Waals surface area contributed by atoms with Gasteiger partial charge in [0.25, 0.3) is 0 Å². The molecule has 0 aromatic carbocycles. The van der Waals surface area contributed by atoms with Crippen LogP contribution in [0.2, 0.25) is 4.47 Å². The van der Waals surface area contributed by atoms with Crippen LogP contribution in [0.25, 0.3) is 0 Å². The van der Waals surface area contributed by atoms with Crippen LogP contribution < -0.4 is 0 Å². The van der Waals surface area contributed by atoms with Gasteiger partial charge in [-0.1, -0.05) is 22.9 Å². The maximum Gasteiger partial charge on any atom is 0.184 e. The summed E-state index contributed by atoms with van der Waals surface area (Å²) < 4.78 is 0.418. The quantitative estimate of drug-likeness (QED) is 0.739. The molecule has 1 aliphatic carbocycles. The first-order valence-corrected chi connectivity index (χ1v) is 5.45. The summed E-state index contributed by atoms with van der Waals surface area (Å²) in [5.41, 5.74) is 0.775. The average molecular weight is 227 g/mol. The Bertz CT molecular complexity index is 421. The summed E-state index contributed by atoms with van der Waals surface area (Å²) in [6.45, 7) is 0. The van der Waals surface area contributed by atoms with Crippen molar-refractivity contribution in [1.82, 2.24) is 4.98 Å². The molecule has 5 heteroatoms. The van der Waals surface area contributed by atoms with Crippen LogP contribution in [0.15, 0.2) is 0 Å². The first-order chi connectivity index (χ1) is 6.70. The summed E-state index contributed by atoms with van der Waals surface area (Å²) in [5, 5.41) is 8.55. The topological polar surface area (TPSA) is 53.8 Å². The number of carbonyl (C=O) groups is 1. The SMILES string of the molecule is N#CCC1CC(=O)c2sc(Cl)nc2C1. The summed E-state index contributed by atoms with van der Waals surface area (Å²) in [5.74, 6) is 0.203. The van der Waals surface area contributed by atoms with Gasteiger partial charge in [0, 0.05) is 12.8 Å². The van der Waals surface area contributed by atoms with Crippen LogP contribution in [0.3, 0.4) is 0 Å². The number of nitrogens with zero attached hydrogens (tertiary/aromatic N) is 2. The molecular weight excluding hydrogens is 220 g/mol. The standard InChI is InChI=1S/C9H7ClN2OS/c10-9-12-6-3-5(1-2-11)4-7(13)8(6)14-9/h5H,1,3-4H2. The van der Waals surface area contributed by atoms with E-state index in [-0.39, 0.29) is 11.7 Å². The number of hydrogen-bond donors (Lipinski definition) is 0. The molecule has 1 aromatic rings. The summed E-state index contributed by atoms with van der Waals surface area (Å²) >= 11 is 6.97. The Morgan fingerprint density at radius 2 is 2.43 bits per heavy atom. The fraction of sp³-hybridized carbons (Fsp3) is 0.444. The molecule has 1 aliphatic rings. The van der Waals surface area contributed by atoms with Crippen LogP contribution >= 0.6 is 22.9 Å². The van der Waals surface area contributed by atoms with E-state index in [1.54, 1.807) is 0 Å². The minimum absolute atomic E-state index is 0.0795. The molecule has 72 valence electrons. The fourth-order valence-corrected chi connectivity index (χ4v) is 2.75. The number of ketones is 1. The van der Waals surface area contributed by atoms with Crippen molar-refractivity contribution in [2.45, 2.75) is 19.3 Å². The van der Waals surface area contributed by atoms with Crippen molar-refractivity contribution in [3.8, 4) is 6.07 Å². The molecule has 2 rings (SSSR count). The normalized spacial score (nSPS) is 20.3. The van der Waals surface area contributed by atoms with Crippen molar-refractivity contribution in [3.05, 3.63) is 15.0 Å². The van der Waals surface area contributed by atoms with Crippen molar-refractivity contribution in [2.24, 2.45) is 5.92 Å². The van der Waals surface area contributed by atoms with E-state index in [2.05, 4.69) is 11.1 Å². The summed E-state index contributed by atoms with van der Waals surface area (Å²) in [7, 11) is 0. The minimum atomic E-state index is 0.0795. The van der Waals surface area contributed by atoms with E-state index in [0.29, 0.717) is 28.6 Å². The number of aromatic nitrogens is 1. The Balaban J connectivity index is 2.29. The van der Waals surface area contributed by atoms with Crippen LogP contribution in [-0.2, 0) is 6.42 Å². The van der Waals surface area contributed by atoms with Crippen LogP contribution in [0.1, 0.15) is 28.2 Å². The third-order valence-electron chi connectivity index (χ3n) is 2.26. The van der Waals surface area contributed by atoms with E-state index in [1.807, 2.05) is 0 Å². The van der Waals surface area contributed by atoms with Crippen LogP contribution in [0.4, 0.5) is 0 Å². The van der Waals surface area contributed by atoms with Gasteiger partial charge in [-0.25, -0.2) is 4.98 Å². The molecule has 0 radical (unpaired) electrons. The molecule has 0 saturated carbocycles. The predicted octanol–water partition coefficient (Wildman–Crippen LogP) is 2.46. The van der Waals surface area contributed by atoms with E-state index in [9.17, 15) is 4.79 Å². The highest BCUT2D eigenvalue weighted by Gasteiger charge is 2.28. The second-order valence-corrected chi connectivity index (χ2v) is 4.88. The number of Topliss-reactive ketones (excluding diaryl/α,β-unsaturated/α-hetero) is 1. The highest BCUT2D eigenvalue weighted by Crippen LogP contribution is 2.32. The van der Waals surface area contributed by atoms with Gasteiger partial charge in [0.2, 0.25) is 0 Å². The molecule has 3 nitrogen and oxygen atoms in total. The first kappa shape index (κ1) is 9.63. The van der Waals surface area contributed by atoms with E-state index in [1.165, 1.54) is 11.3 Å². The second-order valence-electron chi connectivity index (χ2n) is 3.30. The molecule has 0 aliphatic heterocycles. The smallest absolute Gasteiger partial charge is 0.184 e. The number of thiazole rings is 1. The monoisotopic (exact) mass is 226 g/mol. The lowest BCUT2D eigenvalue weighted by Crippen LogP contribution is -2.18. The van der Waals surface area contributed by atoms with Gasteiger partial charge >= 0.3 is 0 Å². The average Bonchev–Trinajstić information content (AvgIpc) is 2.47. The zero-order valence-corrected chi connectivity index (χ0v) is 8.86. The van der Waals surface area contributed by atoms with Crippen molar-refractivity contribution >= 4 is 28.7 Å². The number of carbonyl (C=O) groups excluding carboxylic acids is 1. The summed E-state index contributed by atoms with van der Waals surface area (Å²) in [6, 6.07) is 2.09. The van der Waals surface area contributed by atoms with Gasteiger partial charge in [-0.2, -0.15) is 5.26 Å². The molecule has 1 unspecified atom stereocenters. The lowest BCUT2D eigenvalue weighted by molar-refractivity contribution is 0.0953. The van der Waals surface area contributed by atoms with E-state index < -0.39 is 0 Å². The molecule has 0 N–H and O–H groups in total. The first-order valence-electron chi connectivity index (χ1n) is 4.26. The Morgan fingerprint density at radius 3 is 3.14 bits per heavy atom. The minimum Gasteiger partial charge on any atom is -0.293 e. The van der Waals surface area contributed by atoms with Crippen molar-refractivity contribution in [3.63, 3.8) is 0 Å².